The topological polar surface area (TPSA) is 81.9 Å². The van der Waals surface area contributed by atoms with E-state index in [4.69, 9.17) is 4.74 Å². The van der Waals surface area contributed by atoms with Crippen molar-refractivity contribution in [2.75, 3.05) is 6.61 Å². The van der Waals surface area contributed by atoms with Crippen LogP contribution in [0.25, 0.3) is 10.9 Å². The molecular formula is C19H23F3N4O3Si. The molecule has 0 fully saturated rings. The number of aromatic nitrogens is 4. The molecule has 3 rings (SSSR count). The minimum Gasteiger partial charge on any atom is -0.361 e. The van der Waals surface area contributed by atoms with Crippen molar-refractivity contribution in [3.63, 3.8) is 0 Å². The van der Waals surface area contributed by atoms with E-state index in [2.05, 4.69) is 29.6 Å². The van der Waals surface area contributed by atoms with Gasteiger partial charge < -0.3 is 9.30 Å². The van der Waals surface area contributed by atoms with Crippen LogP contribution in [-0.4, -0.2) is 33.8 Å². The Labute approximate surface area is 171 Å². The van der Waals surface area contributed by atoms with Gasteiger partial charge in [-0.15, -0.1) is 0 Å². The first-order valence-corrected chi connectivity index (χ1v) is 13.1. The van der Waals surface area contributed by atoms with Crippen LogP contribution < -0.4 is 11.2 Å². The minimum absolute atomic E-state index is 0.00304. The average Bonchev–Trinajstić information content (AvgIpc) is 3.08. The van der Waals surface area contributed by atoms with Gasteiger partial charge in [-0.05, 0) is 24.2 Å². The fourth-order valence-corrected chi connectivity index (χ4v) is 3.65. The molecule has 0 saturated heterocycles. The number of halogens is 3. The highest BCUT2D eigenvalue weighted by Crippen LogP contribution is 2.30. The van der Waals surface area contributed by atoms with Crippen molar-refractivity contribution in [1.82, 2.24) is 19.1 Å². The molecule has 0 saturated carbocycles. The molecule has 0 aliphatic rings. The molecule has 0 radical (unpaired) electrons. The Morgan fingerprint density at radius 2 is 1.93 bits per heavy atom. The molecule has 0 unspecified atom stereocenters. The van der Waals surface area contributed by atoms with Crippen molar-refractivity contribution < 1.29 is 17.9 Å². The van der Waals surface area contributed by atoms with Gasteiger partial charge in [-0.3, -0.25) is 14.3 Å². The van der Waals surface area contributed by atoms with Crippen LogP contribution >= 0.6 is 0 Å². The highest BCUT2D eigenvalue weighted by Gasteiger charge is 2.31. The smallest absolute Gasteiger partial charge is 0.361 e. The molecule has 11 heteroatoms. The van der Waals surface area contributed by atoms with Crippen molar-refractivity contribution in [3.05, 3.63) is 62.8 Å². The van der Waals surface area contributed by atoms with E-state index in [0.29, 0.717) is 12.3 Å². The van der Waals surface area contributed by atoms with Crippen LogP contribution in [-0.2, 0) is 24.2 Å². The predicted molar refractivity (Wildman–Crippen MR) is 109 cm³/mol. The third-order valence-corrected chi connectivity index (χ3v) is 6.27. The zero-order valence-corrected chi connectivity index (χ0v) is 17.9. The Morgan fingerprint density at radius 1 is 1.20 bits per heavy atom. The number of nitrogens with one attached hydrogen (secondary N) is 1. The molecule has 0 atom stereocenters. The summed E-state index contributed by atoms with van der Waals surface area (Å²) in [7, 11) is -1.19. The number of benzene rings is 1. The lowest BCUT2D eigenvalue weighted by Crippen LogP contribution is -2.31. The molecule has 0 aliphatic heterocycles. The lowest BCUT2D eigenvalue weighted by molar-refractivity contribution is -0.137. The monoisotopic (exact) mass is 440 g/mol. The van der Waals surface area contributed by atoms with Crippen LogP contribution in [0.4, 0.5) is 13.2 Å². The van der Waals surface area contributed by atoms with E-state index in [1.807, 2.05) is 0 Å². The van der Waals surface area contributed by atoms with Gasteiger partial charge in [0.25, 0.3) is 5.56 Å². The van der Waals surface area contributed by atoms with E-state index in [1.54, 1.807) is 10.8 Å². The highest BCUT2D eigenvalue weighted by atomic mass is 28.3. The molecule has 30 heavy (non-hydrogen) atoms. The number of H-pyrrole nitrogens is 1. The molecule has 2 aromatic heterocycles. The zero-order valence-electron chi connectivity index (χ0n) is 16.9. The van der Waals surface area contributed by atoms with Crippen LogP contribution in [0.2, 0.25) is 25.7 Å². The number of hydrogen-bond acceptors (Lipinski definition) is 4. The van der Waals surface area contributed by atoms with Gasteiger partial charge in [0, 0.05) is 20.9 Å². The zero-order chi connectivity index (χ0) is 22.1. The summed E-state index contributed by atoms with van der Waals surface area (Å²) in [4.78, 5) is 30.6. The van der Waals surface area contributed by atoms with E-state index in [0.717, 1.165) is 28.8 Å². The molecule has 7 nitrogen and oxygen atoms in total. The van der Waals surface area contributed by atoms with Crippen molar-refractivity contribution in [2.24, 2.45) is 0 Å². The van der Waals surface area contributed by atoms with Gasteiger partial charge in [-0.1, -0.05) is 19.6 Å². The van der Waals surface area contributed by atoms with E-state index >= 15 is 0 Å². The first-order chi connectivity index (χ1) is 13.9. The molecular weight excluding hydrogens is 417 g/mol. The summed E-state index contributed by atoms with van der Waals surface area (Å²) in [6, 6.07) is 3.72. The molecule has 0 aliphatic carbocycles. The van der Waals surface area contributed by atoms with E-state index in [9.17, 15) is 22.8 Å². The number of fused-ring (bicyclic) bond motifs is 1. The summed E-state index contributed by atoms with van der Waals surface area (Å²) in [5.74, 6) is 0. The standard InChI is InChI=1S/C19H23F3N4O3Si/c1-30(2,3)7-6-29-12-25-9-14(23-11-25)10-26-16-8-13(19(20,21)22)4-5-15(16)17(27)24-18(26)28/h4-5,8-9,11H,6-7,10,12H2,1-3H3,(H,24,27,28). The van der Waals surface area contributed by atoms with Gasteiger partial charge in [0.15, 0.2) is 0 Å². The molecule has 0 bridgehead atoms. The van der Waals surface area contributed by atoms with Crippen LogP contribution in [0.3, 0.4) is 0 Å². The number of alkyl halides is 3. The Morgan fingerprint density at radius 3 is 2.60 bits per heavy atom. The maximum absolute atomic E-state index is 13.1. The highest BCUT2D eigenvalue weighted by molar-refractivity contribution is 6.76. The van der Waals surface area contributed by atoms with Gasteiger partial charge in [-0.25, -0.2) is 9.78 Å². The molecule has 0 spiro atoms. The molecule has 2 heterocycles. The third-order valence-electron chi connectivity index (χ3n) is 4.57. The van der Waals surface area contributed by atoms with Gasteiger partial charge >= 0.3 is 11.9 Å². The quantitative estimate of drug-likeness (QED) is 0.452. The number of ether oxygens (including phenoxy) is 1. The molecule has 0 amide bonds. The van der Waals surface area contributed by atoms with Crippen molar-refractivity contribution in [2.45, 2.75) is 45.1 Å². The average molecular weight is 440 g/mol. The van der Waals surface area contributed by atoms with Crippen LogP contribution in [0.1, 0.15) is 11.3 Å². The van der Waals surface area contributed by atoms with Crippen LogP contribution in [0, 0.1) is 0 Å². The number of rotatable bonds is 7. The number of imidazole rings is 1. The second-order valence-electron chi connectivity index (χ2n) is 8.30. The van der Waals surface area contributed by atoms with Crippen LogP contribution in [0.15, 0.2) is 40.3 Å². The summed E-state index contributed by atoms with van der Waals surface area (Å²) in [5.41, 5.74) is -2.11. The first-order valence-electron chi connectivity index (χ1n) is 9.36. The van der Waals surface area contributed by atoms with Gasteiger partial charge in [0.2, 0.25) is 0 Å². The number of nitrogens with zero attached hydrogens (tertiary/aromatic N) is 3. The normalized spacial score (nSPS) is 12.6. The molecule has 3 aromatic rings. The summed E-state index contributed by atoms with van der Waals surface area (Å²) in [5, 5.41) is -0.00304. The SMILES string of the molecule is C[Si](C)(C)CCOCn1cnc(Cn2c(=O)[nH]c(=O)c3ccc(C(F)(F)F)cc32)c1. The summed E-state index contributed by atoms with van der Waals surface area (Å²) >= 11 is 0. The van der Waals surface area contributed by atoms with E-state index < -0.39 is 31.1 Å². The Kier molecular flexibility index (Phi) is 6.04. The Balaban J connectivity index is 1.85. The van der Waals surface area contributed by atoms with E-state index in [1.165, 1.54) is 6.33 Å². The molecule has 162 valence electrons. The van der Waals surface area contributed by atoms with Gasteiger partial charge in [0.1, 0.15) is 6.73 Å². The largest absolute Gasteiger partial charge is 0.416 e. The van der Waals surface area contributed by atoms with Crippen LogP contribution in [0.5, 0.6) is 0 Å². The molecule has 1 aromatic carbocycles. The first kappa shape index (κ1) is 22.0. The predicted octanol–water partition coefficient (Wildman–Crippen LogP) is 3.27. The lowest BCUT2D eigenvalue weighted by Gasteiger charge is -2.15. The lowest BCUT2D eigenvalue weighted by atomic mass is 10.1. The Bertz CT molecular complexity index is 1160. The van der Waals surface area contributed by atoms with Crippen molar-refractivity contribution in [1.29, 1.82) is 0 Å². The van der Waals surface area contributed by atoms with Gasteiger partial charge in [-0.2, -0.15) is 13.2 Å². The maximum atomic E-state index is 13.1. The second kappa shape index (κ2) is 8.23. The Hall–Kier alpha value is -2.66. The fraction of sp³-hybridized carbons (Fsp3) is 0.421. The van der Waals surface area contributed by atoms with Crippen molar-refractivity contribution >= 4 is 19.0 Å². The summed E-state index contributed by atoms with van der Waals surface area (Å²) < 4.78 is 47.7. The number of aromatic amines is 1. The third kappa shape index (κ3) is 5.28. The van der Waals surface area contributed by atoms with E-state index in [-0.39, 0.29) is 24.2 Å². The maximum Gasteiger partial charge on any atom is 0.416 e. The van der Waals surface area contributed by atoms with Gasteiger partial charge in [0.05, 0.1) is 35.0 Å². The minimum atomic E-state index is -4.59. The second-order valence-corrected chi connectivity index (χ2v) is 13.9. The summed E-state index contributed by atoms with van der Waals surface area (Å²) in [6.07, 6.45) is -1.40. The van der Waals surface area contributed by atoms with Crippen molar-refractivity contribution in [3.8, 4) is 0 Å². The fourth-order valence-electron chi connectivity index (χ4n) is 2.89. The number of hydrogen-bond donors (Lipinski definition) is 1. The molecule has 1 N–H and O–H groups in total. The summed E-state index contributed by atoms with van der Waals surface area (Å²) in [6.45, 7) is 7.59.